The van der Waals surface area contributed by atoms with Gasteiger partial charge in [-0.05, 0) is 36.8 Å². The Hall–Kier alpha value is -3.34. The number of para-hydroxylation sites is 1. The van der Waals surface area contributed by atoms with Crippen LogP contribution in [0.2, 0.25) is 0 Å². The number of ether oxygens (including phenoxy) is 1. The lowest BCUT2D eigenvalue weighted by Crippen LogP contribution is -2.09. The number of hydrogen-bond donors (Lipinski definition) is 2. The van der Waals surface area contributed by atoms with Gasteiger partial charge in [0.15, 0.2) is 12.4 Å². The zero-order chi connectivity index (χ0) is 17.8. The minimum absolute atomic E-state index is 0.0684. The van der Waals surface area contributed by atoms with Crippen LogP contribution in [0.15, 0.2) is 54.6 Å². The van der Waals surface area contributed by atoms with Gasteiger partial charge in [-0.1, -0.05) is 36.4 Å². The van der Waals surface area contributed by atoms with Gasteiger partial charge in [0.1, 0.15) is 5.75 Å². The highest BCUT2D eigenvalue weighted by molar-refractivity contribution is 6.15. The fourth-order valence-corrected chi connectivity index (χ4v) is 2.67. The van der Waals surface area contributed by atoms with Crippen molar-refractivity contribution >= 4 is 28.7 Å². The van der Waals surface area contributed by atoms with Gasteiger partial charge in [-0.3, -0.25) is 4.79 Å². The summed E-state index contributed by atoms with van der Waals surface area (Å²) in [7, 11) is 0. The number of aryl methyl sites for hydroxylation is 1. The van der Waals surface area contributed by atoms with Gasteiger partial charge >= 0.3 is 5.97 Å². The molecule has 5 heteroatoms. The van der Waals surface area contributed by atoms with Gasteiger partial charge in [0, 0.05) is 16.6 Å². The molecular formula is C20H17NO4. The Labute approximate surface area is 144 Å². The van der Waals surface area contributed by atoms with Gasteiger partial charge in [0.2, 0.25) is 0 Å². The molecule has 0 saturated carbocycles. The van der Waals surface area contributed by atoms with Crippen molar-refractivity contribution < 1.29 is 19.4 Å². The number of ketones is 1. The monoisotopic (exact) mass is 335 g/mol. The number of hydrogen-bond acceptors (Lipinski definition) is 3. The summed E-state index contributed by atoms with van der Waals surface area (Å²) in [4.78, 5) is 26.3. The van der Waals surface area contributed by atoms with E-state index < -0.39 is 5.97 Å². The van der Waals surface area contributed by atoms with Crippen LogP contribution in [-0.4, -0.2) is 28.4 Å². The summed E-state index contributed by atoms with van der Waals surface area (Å²) in [6.45, 7) is 1.50. The smallest absolute Gasteiger partial charge is 0.341 e. The van der Waals surface area contributed by atoms with Crippen molar-refractivity contribution in [3.8, 4) is 5.75 Å². The molecule has 5 nitrogen and oxygen atoms in total. The van der Waals surface area contributed by atoms with Gasteiger partial charge in [0.25, 0.3) is 0 Å². The first-order valence-corrected chi connectivity index (χ1v) is 7.79. The van der Waals surface area contributed by atoms with Gasteiger partial charge in [-0.15, -0.1) is 0 Å². The van der Waals surface area contributed by atoms with Crippen molar-refractivity contribution in [3.63, 3.8) is 0 Å². The minimum Gasteiger partial charge on any atom is -0.482 e. The van der Waals surface area contributed by atoms with E-state index in [4.69, 9.17) is 9.84 Å². The van der Waals surface area contributed by atoms with Crippen molar-refractivity contribution in [2.24, 2.45) is 0 Å². The molecule has 0 aliphatic carbocycles. The fraction of sp³-hybridized carbons (Fsp3) is 0.100. The maximum atomic E-state index is 12.6. The number of fused-ring (bicyclic) bond motifs is 1. The molecule has 0 radical (unpaired) electrons. The molecular weight excluding hydrogens is 318 g/mol. The summed E-state index contributed by atoms with van der Waals surface area (Å²) in [5.74, 6) is -0.622. The number of benzene rings is 2. The Bertz CT molecular complexity index is 951. The number of rotatable bonds is 6. The van der Waals surface area contributed by atoms with Crippen molar-refractivity contribution in [3.05, 3.63) is 71.4 Å². The minimum atomic E-state index is -1.02. The van der Waals surface area contributed by atoms with Crippen molar-refractivity contribution in [1.82, 2.24) is 4.98 Å². The number of carbonyl (C=O) groups excluding carboxylic acids is 1. The molecule has 0 aliphatic rings. The maximum absolute atomic E-state index is 12.6. The van der Waals surface area contributed by atoms with E-state index in [0.29, 0.717) is 11.3 Å². The average Bonchev–Trinajstić information content (AvgIpc) is 2.94. The number of carboxylic acid groups (broad SMARTS) is 1. The van der Waals surface area contributed by atoms with Gasteiger partial charge in [0.05, 0.1) is 5.56 Å². The summed E-state index contributed by atoms with van der Waals surface area (Å²) in [6, 6.07) is 14.6. The summed E-state index contributed by atoms with van der Waals surface area (Å²) < 4.78 is 5.08. The van der Waals surface area contributed by atoms with E-state index in [0.717, 1.165) is 22.2 Å². The van der Waals surface area contributed by atoms with Crippen LogP contribution in [0, 0.1) is 6.92 Å². The first-order chi connectivity index (χ1) is 12.0. The number of aromatic nitrogens is 1. The van der Waals surface area contributed by atoms with Crippen LogP contribution in [0.4, 0.5) is 0 Å². The Morgan fingerprint density at radius 2 is 1.84 bits per heavy atom. The molecule has 126 valence electrons. The summed E-state index contributed by atoms with van der Waals surface area (Å²) in [5.41, 5.74) is 3.28. The summed E-state index contributed by atoms with van der Waals surface area (Å²) >= 11 is 0. The molecule has 1 heterocycles. The fourth-order valence-electron chi connectivity index (χ4n) is 2.67. The molecule has 0 fully saturated rings. The Balaban J connectivity index is 1.76. The molecule has 3 aromatic rings. The van der Waals surface area contributed by atoms with Crippen LogP contribution in [0.5, 0.6) is 5.75 Å². The van der Waals surface area contributed by atoms with Gasteiger partial charge < -0.3 is 14.8 Å². The van der Waals surface area contributed by atoms with Crippen LogP contribution in [0.3, 0.4) is 0 Å². The number of nitrogens with one attached hydrogen (secondary N) is 1. The molecule has 3 rings (SSSR count). The Kier molecular flexibility index (Phi) is 4.66. The highest BCUT2D eigenvalue weighted by Crippen LogP contribution is 2.23. The van der Waals surface area contributed by atoms with E-state index in [-0.39, 0.29) is 12.4 Å². The number of allylic oxidation sites excluding steroid dienone is 1. The highest BCUT2D eigenvalue weighted by atomic mass is 16.5. The third-order valence-corrected chi connectivity index (χ3v) is 3.81. The van der Waals surface area contributed by atoms with E-state index >= 15 is 0 Å². The normalized spacial score (nSPS) is 11.1. The van der Waals surface area contributed by atoms with Crippen molar-refractivity contribution in [2.75, 3.05) is 6.61 Å². The standard InChI is InChI=1S/C20H17NO4/c1-13-20(16-4-2-3-5-17(16)21-13)18(22)11-8-14-6-9-15(10-7-14)25-12-19(23)24/h2-11,21H,12H2,1H3,(H,23,24)/b11-8+. The molecule has 2 N–H and O–H groups in total. The second-order valence-electron chi connectivity index (χ2n) is 5.62. The molecule has 0 bridgehead atoms. The van der Waals surface area contributed by atoms with Crippen LogP contribution < -0.4 is 4.74 Å². The van der Waals surface area contributed by atoms with Crippen LogP contribution in [0.25, 0.3) is 17.0 Å². The zero-order valence-corrected chi connectivity index (χ0v) is 13.7. The average molecular weight is 335 g/mol. The first kappa shape index (κ1) is 16.5. The van der Waals surface area contributed by atoms with E-state index in [1.54, 1.807) is 30.3 Å². The second-order valence-corrected chi connectivity index (χ2v) is 5.62. The molecule has 2 aromatic carbocycles. The van der Waals surface area contributed by atoms with E-state index in [1.807, 2.05) is 31.2 Å². The maximum Gasteiger partial charge on any atom is 0.341 e. The predicted octanol–water partition coefficient (Wildman–Crippen LogP) is 3.84. The third-order valence-electron chi connectivity index (χ3n) is 3.81. The quantitative estimate of drug-likeness (QED) is 0.530. The first-order valence-electron chi connectivity index (χ1n) is 7.79. The van der Waals surface area contributed by atoms with Crippen LogP contribution >= 0.6 is 0 Å². The molecule has 0 aliphatic heterocycles. The van der Waals surface area contributed by atoms with E-state index in [9.17, 15) is 9.59 Å². The predicted molar refractivity (Wildman–Crippen MR) is 96.0 cm³/mol. The molecule has 0 atom stereocenters. The third kappa shape index (κ3) is 3.77. The van der Waals surface area contributed by atoms with Crippen molar-refractivity contribution in [1.29, 1.82) is 0 Å². The SMILES string of the molecule is Cc1[nH]c2ccccc2c1C(=O)/C=C/c1ccc(OCC(=O)O)cc1. The van der Waals surface area contributed by atoms with Gasteiger partial charge in [-0.25, -0.2) is 4.79 Å². The lowest BCUT2D eigenvalue weighted by Gasteiger charge is -2.02. The van der Waals surface area contributed by atoms with Crippen molar-refractivity contribution in [2.45, 2.75) is 6.92 Å². The molecule has 0 saturated heterocycles. The number of carboxylic acids is 1. The zero-order valence-electron chi connectivity index (χ0n) is 13.7. The van der Waals surface area contributed by atoms with Crippen LogP contribution in [-0.2, 0) is 4.79 Å². The highest BCUT2D eigenvalue weighted by Gasteiger charge is 2.13. The van der Waals surface area contributed by atoms with Gasteiger partial charge in [-0.2, -0.15) is 0 Å². The van der Waals surface area contributed by atoms with E-state index in [1.165, 1.54) is 6.08 Å². The lowest BCUT2D eigenvalue weighted by molar-refractivity contribution is -0.139. The topological polar surface area (TPSA) is 79.4 Å². The number of aromatic amines is 1. The largest absolute Gasteiger partial charge is 0.482 e. The number of H-pyrrole nitrogens is 1. The number of aliphatic carboxylic acids is 1. The second kappa shape index (κ2) is 7.05. The Morgan fingerprint density at radius 3 is 2.56 bits per heavy atom. The molecule has 0 amide bonds. The summed E-state index contributed by atoms with van der Waals surface area (Å²) in [5, 5.41) is 9.50. The van der Waals surface area contributed by atoms with E-state index in [2.05, 4.69) is 4.98 Å². The molecule has 1 aromatic heterocycles. The Morgan fingerprint density at radius 1 is 1.12 bits per heavy atom. The molecule has 25 heavy (non-hydrogen) atoms. The van der Waals surface area contributed by atoms with Crippen LogP contribution in [0.1, 0.15) is 21.6 Å². The summed E-state index contributed by atoms with van der Waals surface area (Å²) in [6.07, 6.45) is 3.26. The number of carbonyl (C=O) groups is 2. The lowest BCUT2D eigenvalue weighted by atomic mass is 10.1. The molecule has 0 unspecified atom stereocenters. The molecule has 0 spiro atoms.